The Labute approximate surface area is 219 Å². The summed E-state index contributed by atoms with van der Waals surface area (Å²) in [6, 6.07) is 9.23. The van der Waals surface area contributed by atoms with Crippen molar-refractivity contribution in [1.29, 1.82) is 0 Å². The second kappa shape index (κ2) is 12.6. The highest BCUT2D eigenvalue weighted by atomic mass is 35.5. The molecule has 0 radical (unpaired) electrons. The van der Waals surface area contributed by atoms with Gasteiger partial charge in [-0.05, 0) is 68.1 Å². The Morgan fingerprint density at radius 1 is 1.19 bits per heavy atom. The lowest BCUT2D eigenvalue weighted by molar-refractivity contribution is -0.130. The van der Waals surface area contributed by atoms with Crippen LogP contribution in [0.3, 0.4) is 0 Å². The highest BCUT2D eigenvalue weighted by molar-refractivity contribution is 7.91. The number of hydrogen-bond donors (Lipinski definition) is 2. The molecule has 36 heavy (non-hydrogen) atoms. The van der Waals surface area contributed by atoms with Gasteiger partial charge >= 0.3 is 0 Å². The molecule has 2 aromatic rings. The van der Waals surface area contributed by atoms with Gasteiger partial charge < -0.3 is 20.3 Å². The maximum absolute atomic E-state index is 12.8. The van der Waals surface area contributed by atoms with Crippen LogP contribution in [-0.2, 0) is 21.2 Å². The van der Waals surface area contributed by atoms with Gasteiger partial charge in [0.05, 0.1) is 18.6 Å². The van der Waals surface area contributed by atoms with Crippen LogP contribution < -0.4 is 15.4 Å². The first-order valence-corrected chi connectivity index (χ1v) is 14.0. The van der Waals surface area contributed by atoms with Crippen LogP contribution in [0.4, 0.5) is 0 Å². The van der Waals surface area contributed by atoms with E-state index in [9.17, 15) is 13.2 Å². The zero-order valence-corrected chi connectivity index (χ0v) is 22.9. The van der Waals surface area contributed by atoms with E-state index in [0.717, 1.165) is 30.1 Å². The van der Waals surface area contributed by atoms with Crippen LogP contribution in [-0.4, -0.2) is 64.7 Å². The number of methoxy groups -OCH3 is 1. The number of carbonyl (C=O) groups is 1. The van der Waals surface area contributed by atoms with E-state index in [4.69, 9.17) is 16.3 Å². The Bertz CT molecular complexity index is 1210. The van der Waals surface area contributed by atoms with Crippen LogP contribution in [0.1, 0.15) is 41.5 Å². The van der Waals surface area contributed by atoms with Crippen molar-refractivity contribution >= 4 is 33.2 Å². The van der Waals surface area contributed by atoms with Gasteiger partial charge in [0.15, 0.2) is 9.84 Å². The minimum absolute atomic E-state index is 0.0223. The Balaban J connectivity index is 1.41. The molecule has 1 heterocycles. The number of ether oxygens (including phenoxy) is 1. The monoisotopic (exact) mass is 534 g/mol. The fourth-order valence-corrected chi connectivity index (χ4v) is 6.17. The van der Waals surface area contributed by atoms with Gasteiger partial charge in [0.25, 0.3) is 0 Å². The predicted octanol–water partition coefficient (Wildman–Crippen LogP) is 3.46. The zero-order chi connectivity index (χ0) is 26.3. The number of aliphatic imine (C=N–C) groups is 1. The van der Waals surface area contributed by atoms with Gasteiger partial charge in [0.1, 0.15) is 17.5 Å². The molecule has 0 atom stereocenters. The van der Waals surface area contributed by atoms with Crippen molar-refractivity contribution in [1.82, 2.24) is 15.5 Å². The average molecular weight is 535 g/mol. The fraction of sp³-hybridized carbons (Fsp3) is 0.462. The molecule has 1 amide bonds. The molecule has 196 valence electrons. The molecule has 1 aliphatic rings. The third-order valence-corrected chi connectivity index (χ3v) is 8.30. The van der Waals surface area contributed by atoms with Crippen LogP contribution in [0.2, 0.25) is 5.02 Å². The van der Waals surface area contributed by atoms with Crippen LogP contribution >= 0.6 is 11.6 Å². The number of amidine groups is 1. The third-order valence-electron chi connectivity index (χ3n) is 6.10. The van der Waals surface area contributed by atoms with E-state index in [2.05, 4.69) is 15.6 Å². The SMILES string of the molecule is COc1cc(C)c(S(=O)(=O)CNCCCCC(=O)N(C)Cc2ccc(C3=NCCN3)cc2Cl)c(C)c1. The molecule has 8 nitrogen and oxygen atoms in total. The van der Waals surface area contributed by atoms with E-state index >= 15 is 0 Å². The number of hydrogen-bond acceptors (Lipinski definition) is 7. The molecule has 0 saturated heterocycles. The summed E-state index contributed by atoms with van der Waals surface area (Å²) in [5.74, 6) is 1.37. The average Bonchev–Trinajstić information content (AvgIpc) is 3.36. The number of benzene rings is 2. The normalized spacial score (nSPS) is 13.3. The topological polar surface area (TPSA) is 100 Å². The molecule has 2 N–H and O–H groups in total. The van der Waals surface area contributed by atoms with Crippen molar-refractivity contribution in [2.45, 2.75) is 44.6 Å². The molecule has 2 aromatic carbocycles. The van der Waals surface area contributed by atoms with Crippen LogP contribution in [0.5, 0.6) is 5.75 Å². The van der Waals surface area contributed by atoms with Gasteiger partial charge in [-0.3, -0.25) is 9.79 Å². The molecule has 0 unspecified atom stereocenters. The highest BCUT2D eigenvalue weighted by Crippen LogP contribution is 2.26. The molecule has 0 spiro atoms. The summed E-state index contributed by atoms with van der Waals surface area (Å²) < 4.78 is 30.8. The Kier molecular flexibility index (Phi) is 9.76. The van der Waals surface area contributed by atoms with Gasteiger partial charge in [-0.15, -0.1) is 0 Å². The lowest BCUT2D eigenvalue weighted by Crippen LogP contribution is -2.27. The predicted molar refractivity (Wildman–Crippen MR) is 144 cm³/mol. The second-order valence-corrected chi connectivity index (χ2v) is 11.4. The molecule has 1 aliphatic heterocycles. The first-order valence-electron chi connectivity index (χ1n) is 12.0. The quantitative estimate of drug-likeness (QED) is 0.404. The van der Waals surface area contributed by atoms with E-state index in [0.29, 0.717) is 59.1 Å². The number of amides is 1. The van der Waals surface area contributed by atoms with Gasteiger partial charge in [-0.2, -0.15) is 0 Å². The molecule has 0 fully saturated rings. The molecule has 0 aromatic heterocycles. The summed E-state index contributed by atoms with van der Waals surface area (Å²) in [4.78, 5) is 19.0. The first kappa shape index (κ1) is 28.0. The Morgan fingerprint density at radius 3 is 2.53 bits per heavy atom. The van der Waals surface area contributed by atoms with Crippen LogP contribution in [0, 0.1) is 13.8 Å². The number of rotatable bonds is 12. The molecule has 0 saturated carbocycles. The number of unbranched alkanes of at least 4 members (excludes halogenated alkanes) is 1. The zero-order valence-electron chi connectivity index (χ0n) is 21.4. The molecule has 3 rings (SSSR count). The summed E-state index contributed by atoms with van der Waals surface area (Å²) in [7, 11) is -0.154. The smallest absolute Gasteiger partial charge is 0.222 e. The van der Waals surface area contributed by atoms with Crippen molar-refractivity contribution in [2.75, 3.05) is 39.7 Å². The van der Waals surface area contributed by atoms with Crippen LogP contribution in [0.15, 0.2) is 40.2 Å². The van der Waals surface area contributed by atoms with Gasteiger partial charge in [-0.25, -0.2) is 8.42 Å². The number of nitrogens with one attached hydrogen (secondary N) is 2. The molecular formula is C26H35ClN4O4S. The molecular weight excluding hydrogens is 500 g/mol. The van der Waals surface area contributed by atoms with E-state index in [1.165, 1.54) is 0 Å². The number of carbonyl (C=O) groups excluding carboxylic acids is 1. The summed E-state index contributed by atoms with van der Waals surface area (Å²) in [6.07, 6.45) is 1.74. The van der Waals surface area contributed by atoms with E-state index in [1.807, 2.05) is 18.2 Å². The number of sulfone groups is 1. The number of halogens is 1. The maximum Gasteiger partial charge on any atom is 0.222 e. The maximum atomic E-state index is 12.8. The number of aryl methyl sites for hydroxylation is 2. The van der Waals surface area contributed by atoms with Crippen molar-refractivity contribution in [3.8, 4) is 5.75 Å². The molecule has 10 heteroatoms. The summed E-state index contributed by atoms with van der Waals surface area (Å²) in [6.45, 7) is 6.07. The summed E-state index contributed by atoms with van der Waals surface area (Å²) in [5.41, 5.74) is 3.16. The van der Waals surface area contributed by atoms with Gasteiger partial charge in [0.2, 0.25) is 5.91 Å². The summed E-state index contributed by atoms with van der Waals surface area (Å²) >= 11 is 6.45. The minimum Gasteiger partial charge on any atom is -0.497 e. The number of nitrogens with zero attached hydrogens (tertiary/aromatic N) is 2. The largest absolute Gasteiger partial charge is 0.497 e. The van der Waals surface area contributed by atoms with Gasteiger partial charge in [-0.1, -0.05) is 23.7 Å². The van der Waals surface area contributed by atoms with E-state index < -0.39 is 9.84 Å². The molecule has 0 aliphatic carbocycles. The van der Waals surface area contributed by atoms with Crippen molar-refractivity contribution < 1.29 is 17.9 Å². The molecule has 0 bridgehead atoms. The van der Waals surface area contributed by atoms with E-state index in [1.54, 1.807) is 45.0 Å². The standard InChI is InChI=1S/C26H35ClN4O4S/c1-18-13-22(35-4)14-19(2)25(18)36(33,34)17-28-10-6-5-7-24(32)31(3)16-21-9-8-20(15-23(21)27)26-29-11-12-30-26/h8-9,13-15,28H,5-7,10-12,16-17H2,1-4H3,(H,29,30). The lowest BCUT2D eigenvalue weighted by atomic mass is 10.1. The lowest BCUT2D eigenvalue weighted by Gasteiger charge is -2.18. The highest BCUT2D eigenvalue weighted by Gasteiger charge is 2.20. The Morgan fingerprint density at radius 2 is 1.92 bits per heavy atom. The van der Waals surface area contributed by atoms with E-state index in [-0.39, 0.29) is 11.8 Å². The van der Waals surface area contributed by atoms with Gasteiger partial charge in [0, 0.05) is 37.1 Å². The van der Waals surface area contributed by atoms with Crippen molar-refractivity contribution in [2.24, 2.45) is 4.99 Å². The van der Waals surface area contributed by atoms with Crippen molar-refractivity contribution in [3.05, 3.63) is 57.6 Å². The third kappa shape index (κ3) is 7.21. The minimum atomic E-state index is -3.48. The fourth-order valence-electron chi connectivity index (χ4n) is 4.27. The van der Waals surface area contributed by atoms with Crippen LogP contribution in [0.25, 0.3) is 0 Å². The van der Waals surface area contributed by atoms with Crippen molar-refractivity contribution in [3.63, 3.8) is 0 Å². The summed E-state index contributed by atoms with van der Waals surface area (Å²) in [5, 5.41) is 6.84. The Hall–Kier alpha value is -2.62. The first-order chi connectivity index (χ1) is 17.1. The second-order valence-electron chi connectivity index (χ2n) is 9.02.